The highest BCUT2D eigenvalue weighted by molar-refractivity contribution is 4.97. The maximum atomic E-state index is 8.73. The topological polar surface area (TPSA) is 29.5 Å². The second-order valence-electron chi connectivity index (χ2n) is 4.29. The summed E-state index contributed by atoms with van der Waals surface area (Å²) < 4.78 is 5.53. The molecule has 2 nitrogen and oxygen atoms in total. The van der Waals surface area contributed by atoms with Crippen molar-refractivity contribution in [3.63, 3.8) is 0 Å². The summed E-state index contributed by atoms with van der Waals surface area (Å²) in [6, 6.07) is 0. The van der Waals surface area contributed by atoms with Crippen molar-refractivity contribution in [1.29, 1.82) is 0 Å². The maximum absolute atomic E-state index is 8.73. The van der Waals surface area contributed by atoms with Crippen LogP contribution in [0.15, 0.2) is 12.2 Å². The highest BCUT2D eigenvalue weighted by Crippen LogP contribution is 2.13. The predicted molar refractivity (Wildman–Crippen MR) is 60.3 cm³/mol. The van der Waals surface area contributed by atoms with Crippen LogP contribution in [-0.2, 0) is 4.74 Å². The van der Waals surface area contributed by atoms with E-state index in [4.69, 9.17) is 9.84 Å². The minimum atomic E-state index is -0.159. The Bertz CT molecular complexity index is 162. The third kappa shape index (κ3) is 7.10. The minimum absolute atomic E-state index is 0.159. The van der Waals surface area contributed by atoms with E-state index in [1.165, 1.54) is 0 Å². The van der Waals surface area contributed by atoms with E-state index >= 15 is 0 Å². The highest BCUT2D eigenvalue weighted by atomic mass is 16.5. The number of allylic oxidation sites excluding steroid dienone is 1. The van der Waals surface area contributed by atoms with Crippen LogP contribution < -0.4 is 0 Å². The van der Waals surface area contributed by atoms with Crippen molar-refractivity contribution < 1.29 is 9.84 Å². The first-order valence-electron chi connectivity index (χ1n) is 5.44. The highest BCUT2D eigenvalue weighted by Gasteiger charge is 2.12. The molecule has 0 spiro atoms. The molecule has 84 valence electrons. The fourth-order valence-electron chi connectivity index (χ4n) is 1.34. The second-order valence-corrected chi connectivity index (χ2v) is 4.29. The van der Waals surface area contributed by atoms with Gasteiger partial charge in [0.1, 0.15) is 0 Å². The molecule has 0 fully saturated rings. The summed E-state index contributed by atoms with van der Waals surface area (Å²) in [5, 5.41) is 8.73. The normalized spacial score (nSPS) is 14.9. The summed E-state index contributed by atoms with van der Waals surface area (Å²) in [4.78, 5) is 0. The molecule has 0 aromatic heterocycles. The Hall–Kier alpha value is -0.340. The van der Waals surface area contributed by atoms with Crippen molar-refractivity contribution in [3.05, 3.63) is 12.2 Å². The van der Waals surface area contributed by atoms with Gasteiger partial charge >= 0.3 is 0 Å². The van der Waals surface area contributed by atoms with E-state index < -0.39 is 0 Å². The van der Waals surface area contributed by atoms with Gasteiger partial charge in [-0.25, -0.2) is 0 Å². The SMILES string of the molecule is CCOC(C)(C)C=CCC(C)CCO. The fraction of sp³-hybridized carbons (Fsp3) is 0.833. The van der Waals surface area contributed by atoms with Crippen molar-refractivity contribution in [2.24, 2.45) is 5.92 Å². The molecule has 0 rings (SSSR count). The van der Waals surface area contributed by atoms with Gasteiger partial charge in [0.25, 0.3) is 0 Å². The van der Waals surface area contributed by atoms with Gasteiger partial charge in [0, 0.05) is 13.2 Å². The third-order valence-corrected chi connectivity index (χ3v) is 2.20. The molecule has 0 heterocycles. The fourth-order valence-corrected chi connectivity index (χ4v) is 1.34. The molecule has 0 aliphatic rings. The van der Waals surface area contributed by atoms with Gasteiger partial charge < -0.3 is 9.84 Å². The lowest BCUT2D eigenvalue weighted by Gasteiger charge is -2.20. The molecule has 14 heavy (non-hydrogen) atoms. The second kappa shape index (κ2) is 7.02. The molecule has 0 aliphatic heterocycles. The average molecular weight is 200 g/mol. The Kier molecular flexibility index (Phi) is 6.85. The molecule has 0 radical (unpaired) electrons. The molecule has 0 saturated heterocycles. The van der Waals surface area contributed by atoms with E-state index in [0.717, 1.165) is 19.4 Å². The van der Waals surface area contributed by atoms with Crippen LogP contribution in [0.5, 0.6) is 0 Å². The first kappa shape index (κ1) is 13.7. The monoisotopic (exact) mass is 200 g/mol. The van der Waals surface area contributed by atoms with Gasteiger partial charge in [0.15, 0.2) is 0 Å². The Morgan fingerprint density at radius 2 is 2.07 bits per heavy atom. The van der Waals surface area contributed by atoms with E-state index in [9.17, 15) is 0 Å². The van der Waals surface area contributed by atoms with Crippen LogP contribution in [0.2, 0.25) is 0 Å². The van der Waals surface area contributed by atoms with Crippen LogP contribution in [0.25, 0.3) is 0 Å². The van der Waals surface area contributed by atoms with Gasteiger partial charge in [-0.1, -0.05) is 19.1 Å². The first-order chi connectivity index (χ1) is 6.52. The van der Waals surface area contributed by atoms with E-state index in [0.29, 0.717) is 5.92 Å². The molecule has 0 bridgehead atoms. The van der Waals surface area contributed by atoms with Crippen molar-refractivity contribution in [2.75, 3.05) is 13.2 Å². The van der Waals surface area contributed by atoms with Crippen molar-refractivity contribution in [3.8, 4) is 0 Å². The van der Waals surface area contributed by atoms with Gasteiger partial charge in [-0.15, -0.1) is 0 Å². The lowest BCUT2D eigenvalue weighted by atomic mass is 10.0. The quantitative estimate of drug-likeness (QED) is 0.640. The summed E-state index contributed by atoms with van der Waals surface area (Å²) in [5.41, 5.74) is -0.159. The van der Waals surface area contributed by atoms with E-state index in [2.05, 4.69) is 32.9 Å². The Labute approximate surface area is 88.0 Å². The summed E-state index contributed by atoms with van der Waals surface area (Å²) in [7, 11) is 0. The average Bonchev–Trinajstić information content (AvgIpc) is 2.03. The van der Waals surface area contributed by atoms with Gasteiger partial charge in [-0.05, 0) is 39.5 Å². The lowest BCUT2D eigenvalue weighted by molar-refractivity contribution is 0.0283. The van der Waals surface area contributed by atoms with Crippen LogP contribution >= 0.6 is 0 Å². The van der Waals surface area contributed by atoms with Crippen LogP contribution in [0.3, 0.4) is 0 Å². The van der Waals surface area contributed by atoms with Gasteiger partial charge in [-0.3, -0.25) is 0 Å². The molecule has 1 atom stereocenters. The Balaban J connectivity index is 3.80. The molecule has 0 amide bonds. The molecule has 1 N–H and O–H groups in total. The third-order valence-electron chi connectivity index (χ3n) is 2.20. The van der Waals surface area contributed by atoms with Crippen LogP contribution in [0, 0.1) is 5.92 Å². The number of aliphatic hydroxyl groups is 1. The van der Waals surface area contributed by atoms with Gasteiger partial charge in [0.2, 0.25) is 0 Å². The zero-order valence-corrected chi connectivity index (χ0v) is 9.92. The molecular formula is C12H24O2. The predicted octanol–water partition coefficient (Wildman–Crippen LogP) is 2.77. The number of hydrogen-bond acceptors (Lipinski definition) is 2. The van der Waals surface area contributed by atoms with Crippen LogP contribution in [0.4, 0.5) is 0 Å². The van der Waals surface area contributed by atoms with Crippen molar-refractivity contribution in [1.82, 2.24) is 0 Å². The molecule has 0 aromatic carbocycles. The van der Waals surface area contributed by atoms with E-state index in [1.54, 1.807) is 0 Å². The van der Waals surface area contributed by atoms with Crippen molar-refractivity contribution >= 4 is 0 Å². The maximum Gasteiger partial charge on any atom is 0.0806 e. The molecule has 2 heteroatoms. The summed E-state index contributed by atoms with van der Waals surface area (Å²) in [6.07, 6.45) is 6.14. The van der Waals surface area contributed by atoms with E-state index in [1.807, 2.05) is 6.92 Å². The van der Waals surface area contributed by atoms with Crippen LogP contribution in [-0.4, -0.2) is 23.9 Å². The summed E-state index contributed by atoms with van der Waals surface area (Å²) in [5.74, 6) is 0.550. The number of ether oxygens (including phenoxy) is 1. The van der Waals surface area contributed by atoms with Gasteiger partial charge in [0.05, 0.1) is 5.60 Å². The first-order valence-corrected chi connectivity index (χ1v) is 5.44. The zero-order chi connectivity index (χ0) is 11.0. The largest absolute Gasteiger partial charge is 0.396 e. The lowest BCUT2D eigenvalue weighted by Crippen LogP contribution is -2.20. The summed E-state index contributed by atoms with van der Waals surface area (Å²) in [6.45, 7) is 9.29. The molecular weight excluding hydrogens is 176 g/mol. The Morgan fingerprint density at radius 1 is 1.43 bits per heavy atom. The number of hydrogen-bond donors (Lipinski definition) is 1. The zero-order valence-electron chi connectivity index (χ0n) is 9.92. The number of aliphatic hydroxyl groups excluding tert-OH is 1. The van der Waals surface area contributed by atoms with E-state index in [-0.39, 0.29) is 12.2 Å². The van der Waals surface area contributed by atoms with Gasteiger partial charge in [-0.2, -0.15) is 0 Å². The van der Waals surface area contributed by atoms with Crippen LogP contribution in [0.1, 0.15) is 40.5 Å². The minimum Gasteiger partial charge on any atom is -0.396 e. The molecule has 1 unspecified atom stereocenters. The summed E-state index contributed by atoms with van der Waals surface area (Å²) >= 11 is 0. The smallest absolute Gasteiger partial charge is 0.0806 e. The molecule has 0 aromatic rings. The Morgan fingerprint density at radius 3 is 2.57 bits per heavy atom. The molecule has 0 saturated carbocycles. The molecule has 0 aliphatic carbocycles. The van der Waals surface area contributed by atoms with Crippen molar-refractivity contribution in [2.45, 2.75) is 46.1 Å². The number of rotatable bonds is 7. The standard InChI is InChI=1S/C12H24O2/c1-5-14-12(3,4)9-6-7-11(2)8-10-13/h6,9,11,13H,5,7-8,10H2,1-4H3.